The lowest BCUT2D eigenvalue weighted by atomic mass is 9.79. The molecule has 4 unspecified atom stereocenters. The van der Waals surface area contributed by atoms with Crippen molar-refractivity contribution in [1.82, 2.24) is 0 Å². The minimum absolute atomic E-state index is 0.250. The molecule has 0 spiro atoms. The second-order valence-electron chi connectivity index (χ2n) is 6.71. The topological polar surface area (TPSA) is 17.1 Å². The zero-order chi connectivity index (χ0) is 15.5. The maximum atomic E-state index is 12.8. The molecular formula is C21H26O. The van der Waals surface area contributed by atoms with E-state index in [-0.39, 0.29) is 5.92 Å². The molecule has 1 heteroatoms. The first-order valence-electron chi connectivity index (χ1n) is 8.63. The highest BCUT2D eigenvalue weighted by Gasteiger charge is 2.56. The number of carbonyl (C=O) groups is 1. The Hall–Kier alpha value is -1.63. The van der Waals surface area contributed by atoms with Gasteiger partial charge in [0.15, 0.2) is 5.78 Å². The Morgan fingerprint density at radius 3 is 2.82 bits per heavy atom. The second kappa shape index (κ2) is 6.64. The van der Waals surface area contributed by atoms with Crippen LogP contribution in [-0.2, 0) is 4.79 Å². The summed E-state index contributed by atoms with van der Waals surface area (Å²) in [6.45, 7) is 6.05. The molecule has 0 heterocycles. The maximum absolute atomic E-state index is 12.8. The smallest absolute Gasteiger partial charge is 0.163 e. The molecular weight excluding hydrogens is 268 g/mol. The first-order valence-corrected chi connectivity index (χ1v) is 8.63. The predicted octanol–water partition coefficient (Wildman–Crippen LogP) is 5.04. The van der Waals surface area contributed by atoms with Crippen LogP contribution in [0.2, 0.25) is 0 Å². The average molecular weight is 294 g/mol. The molecule has 2 bridgehead atoms. The molecule has 3 aliphatic rings. The Labute approximate surface area is 134 Å². The van der Waals surface area contributed by atoms with Crippen LogP contribution in [0.5, 0.6) is 0 Å². The summed E-state index contributed by atoms with van der Waals surface area (Å²) in [5, 5.41) is 0. The fourth-order valence-electron chi connectivity index (χ4n) is 4.62. The van der Waals surface area contributed by atoms with Gasteiger partial charge in [-0.05, 0) is 54.9 Å². The molecule has 0 radical (unpaired) electrons. The lowest BCUT2D eigenvalue weighted by Gasteiger charge is -2.23. The molecule has 3 rings (SSSR count). The fourth-order valence-corrected chi connectivity index (χ4v) is 4.62. The van der Waals surface area contributed by atoms with Crippen LogP contribution in [0.15, 0.2) is 60.8 Å². The van der Waals surface area contributed by atoms with Crippen molar-refractivity contribution < 1.29 is 4.79 Å². The highest BCUT2D eigenvalue weighted by molar-refractivity contribution is 6.01. The van der Waals surface area contributed by atoms with Crippen molar-refractivity contribution in [3.63, 3.8) is 0 Å². The summed E-state index contributed by atoms with van der Waals surface area (Å²) in [6, 6.07) is 0. The van der Waals surface area contributed by atoms with Gasteiger partial charge < -0.3 is 0 Å². The van der Waals surface area contributed by atoms with E-state index in [2.05, 4.69) is 56.0 Å². The quantitative estimate of drug-likeness (QED) is 0.495. The largest absolute Gasteiger partial charge is 0.294 e. The van der Waals surface area contributed by atoms with E-state index in [1.54, 1.807) is 0 Å². The summed E-state index contributed by atoms with van der Waals surface area (Å²) < 4.78 is 0. The van der Waals surface area contributed by atoms with Gasteiger partial charge in [0.1, 0.15) is 0 Å². The Kier molecular flexibility index (Phi) is 4.61. The third-order valence-electron chi connectivity index (χ3n) is 5.48. The van der Waals surface area contributed by atoms with Crippen LogP contribution in [0, 0.1) is 29.6 Å². The van der Waals surface area contributed by atoms with Crippen LogP contribution >= 0.6 is 0 Å². The molecule has 116 valence electrons. The van der Waals surface area contributed by atoms with E-state index in [4.69, 9.17) is 0 Å². The Bertz CT molecular complexity index is 560. The Morgan fingerprint density at radius 2 is 2.05 bits per heavy atom. The molecule has 1 nitrogen and oxygen atoms in total. The number of hydrogen-bond donors (Lipinski definition) is 0. The second-order valence-corrected chi connectivity index (χ2v) is 6.71. The minimum atomic E-state index is 0.250. The van der Waals surface area contributed by atoms with Crippen molar-refractivity contribution in [3.8, 4) is 0 Å². The molecule has 0 aromatic carbocycles. The third kappa shape index (κ3) is 2.58. The standard InChI is InChI=1S/C21H26O/c1-3-5-6-7-8-9-11-18-17(10-4-2)19-15-12-13-16(14-15)20(19)21(18)22/h4-6,8-9,11-13,15-17,19-20H,2-3,7,10,14H2,1H3/b6-5-,9-8+,18-11+/t15?,16?,17-,19?,20?/m1/s1. The summed E-state index contributed by atoms with van der Waals surface area (Å²) in [7, 11) is 0. The maximum Gasteiger partial charge on any atom is 0.163 e. The number of allylic oxidation sites excluding steroid dienone is 9. The van der Waals surface area contributed by atoms with Gasteiger partial charge in [-0.1, -0.05) is 55.5 Å². The highest BCUT2D eigenvalue weighted by atomic mass is 16.1. The van der Waals surface area contributed by atoms with Crippen LogP contribution in [0.25, 0.3) is 0 Å². The third-order valence-corrected chi connectivity index (χ3v) is 5.48. The zero-order valence-electron chi connectivity index (χ0n) is 13.4. The van der Waals surface area contributed by atoms with Gasteiger partial charge in [-0.25, -0.2) is 0 Å². The van der Waals surface area contributed by atoms with Crippen molar-refractivity contribution in [2.75, 3.05) is 0 Å². The van der Waals surface area contributed by atoms with Crippen LogP contribution in [-0.4, -0.2) is 5.78 Å². The van der Waals surface area contributed by atoms with Gasteiger partial charge in [-0.2, -0.15) is 0 Å². The van der Waals surface area contributed by atoms with Crippen molar-refractivity contribution in [2.24, 2.45) is 29.6 Å². The van der Waals surface area contributed by atoms with E-state index in [9.17, 15) is 4.79 Å². The van der Waals surface area contributed by atoms with E-state index in [0.29, 0.717) is 29.5 Å². The summed E-state index contributed by atoms with van der Waals surface area (Å²) in [5.74, 6) is 2.68. The fraction of sp³-hybridized carbons (Fsp3) is 0.476. The van der Waals surface area contributed by atoms with Crippen molar-refractivity contribution >= 4 is 5.78 Å². The summed E-state index contributed by atoms with van der Waals surface area (Å²) >= 11 is 0. The Morgan fingerprint density at radius 1 is 1.23 bits per heavy atom. The van der Waals surface area contributed by atoms with Gasteiger partial charge in [0.2, 0.25) is 0 Å². The highest BCUT2D eigenvalue weighted by Crippen LogP contribution is 2.58. The predicted molar refractivity (Wildman–Crippen MR) is 92.3 cm³/mol. The summed E-state index contributed by atoms with van der Waals surface area (Å²) in [5.41, 5.74) is 1.05. The Balaban J connectivity index is 1.77. The molecule has 0 aliphatic heterocycles. The average Bonchev–Trinajstić information content (AvgIpc) is 3.19. The number of rotatable bonds is 6. The van der Waals surface area contributed by atoms with E-state index in [0.717, 1.165) is 24.8 Å². The lowest BCUT2D eigenvalue weighted by molar-refractivity contribution is -0.119. The van der Waals surface area contributed by atoms with E-state index in [1.807, 2.05) is 6.08 Å². The van der Waals surface area contributed by atoms with Gasteiger partial charge in [-0.15, -0.1) is 6.58 Å². The summed E-state index contributed by atoms with van der Waals surface area (Å²) in [4.78, 5) is 12.8. The van der Waals surface area contributed by atoms with Gasteiger partial charge >= 0.3 is 0 Å². The van der Waals surface area contributed by atoms with Crippen LogP contribution in [0.3, 0.4) is 0 Å². The van der Waals surface area contributed by atoms with Gasteiger partial charge in [0.05, 0.1) is 0 Å². The molecule has 2 saturated carbocycles. The van der Waals surface area contributed by atoms with Crippen molar-refractivity contribution in [3.05, 3.63) is 60.8 Å². The van der Waals surface area contributed by atoms with E-state index in [1.165, 1.54) is 6.42 Å². The molecule has 0 aromatic heterocycles. The number of Topliss-reactive ketones (excluding diaryl/α,β-unsaturated/α-hetero) is 1. The van der Waals surface area contributed by atoms with Crippen LogP contribution in [0.4, 0.5) is 0 Å². The molecule has 3 aliphatic carbocycles. The van der Waals surface area contributed by atoms with Gasteiger partial charge in [-0.3, -0.25) is 4.79 Å². The molecule has 0 aromatic rings. The van der Waals surface area contributed by atoms with Gasteiger partial charge in [0.25, 0.3) is 0 Å². The number of hydrogen-bond acceptors (Lipinski definition) is 1. The van der Waals surface area contributed by atoms with Gasteiger partial charge in [0, 0.05) is 5.92 Å². The number of fused-ring (bicyclic) bond motifs is 5. The van der Waals surface area contributed by atoms with Crippen LogP contribution in [0.1, 0.15) is 32.6 Å². The first-order chi connectivity index (χ1) is 10.8. The van der Waals surface area contributed by atoms with E-state index >= 15 is 0 Å². The molecule has 5 atom stereocenters. The summed E-state index contributed by atoms with van der Waals surface area (Å²) in [6.07, 6.45) is 21.4. The van der Waals surface area contributed by atoms with Crippen LogP contribution < -0.4 is 0 Å². The van der Waals surface area contributed by atoms with Crippen molar-refractivity contribution in [1.29, 1.82) is 0 Å². The van der Waals surface area contributed by atoms with Crippen molar-refractivity contribution in [2.45, 2.75) is 32.6 Å². The SMILES string of the molecule is C=CC[C@@H]1/C(=C\C=C\C/C=C\CC)C(=O)C2C3C=CC(C3)C21. The lowest BCUT2D eigenvalue weighted by Crippen LogP contribution is -2.21. The monoisotopic (exact) mass is 294 g/mol. The van der Waals surface area contributed by atoms with E-state index < -0.39 is 0 Å². The molecule has 0 saturated heterocycles. The molecule has 2 fully saturated rings. The number of ketones is 1. The molecule has 0 N–H and O–H groups in total. The normalized spacial score (nSPS) is 38.0. The first kappa shape index (κ1) is 15.3. The minimum Gasteiger partial charge on any atom is -0.294 e. The zero-order valence-corrected chi connectivity index (χ0v) is 13.4. The number of carbonyl (C=O) groups excluding carboxylic acids is 1. The molecule has 22 heavy (non-hydrogen) atoms. The molecule has 0 amide bonds.